The minimum absolute atomic E-state index is 0.226. The van der Waals surface area contributed by atoms with Crippen LogP contribution < -0.4 is 10.5 Å². The summed E-state index contributed by atoms with van der Waals surface area (Å²) in [5.41, 5.74) is 7.39. The van der Waals surface area contributed by atoms with Gasteiger partial charge in [0.25, 0.3) is 0 Å². The molecule has 1 aromatic rings. The minimum atomic E-state index is -0.232. The summed E-state index contributed by atoms with van der Waals surface area (Å²) < 4.78 is 19.3. The van der Waals surface area contributed by atoms with Gasteiger partial charge >= 0.3 is 0 Å². The van der Waals surface area contributed by atoms with Crippen molar-refractivity contribution < 1.29 is 9.13 Å². The van der Waals surface area contributed by atoms with Gasteiger partial charge in [-0.1, -0.05) is 20.8 Å². The Bertz CT molecular complexity index is 408. The molecule has 0 bridgehead atoms. The van der Waals surface area contributed by atoms with Crippen molar-refractivity contribution in [2.45, 2.75) is 47.1 Å². The Labute approximate surface area is 109 Å². The largest absolute Gasteiger partial charge is 0.493 e. The van der Waals surface area contributed by atoms with Crippen molar-refractivity contribution in [1.82, 2.24) is 0 Å². The van der Waals surface area contributed by atoms with Gasteiger partial charge in [0.1, 0.15) is 11.6 Å². The van der Waals surface area contributed by atoms with Crippen LogP contribution >= 0.6 is 0 Å². The van der Waals surface area contributed by atoms with Crippen molar-refractivity contribution in [2.75, 3.05) is 6.61 Å². The van der Waals surface area contributed by atoms with Gasteiger partial charge < -0.3 is 10.5 Å². The number of hydrogen-bond donors (Lipinski definition) is 1. The van der Waals surface area contributed by atoms with Crippen LogP contribution in [0.4, 0.5) is 4.39 Å². The topological polar surface area (TPSA) is 35.2 Å². The van der Waals surface area contributed by atoms with Crippen LogP contribution in [0.2, 0.25) is 0 Å². The van der Waals surface area contributed by atoms with Crippen LogP contribution in [0.5, 0.6) is 5.75 Å². The van der Waals surface area contributed by atoms with Crippen molar-refractivity contribution >= 4 is 0 Å². The molecule has 0 saturated carbocycles. The van der Waals surface area contributed by atoms with Crippen molar-refractivity contribution in [3.05, 3.63) is 29.1 Å². The highest BCUT2D eigenvalue weighted by atomic mass is 19.1. The summed E-state index contributed by atoms with van der Waals surface area (Å²) in [6.45, 7) is 10.7. The SMILES string of the molecule is Cc1cc(OCCC(C)(C)C)c([C@H](C)N)cc1F. The van der Waals surface area contributed by atoms with Crippen molar-refractivity contribution in [1.29, 1.82) is 0 Å². The lowest BCUT2D eigenvalue weighted by atomic mass is 9.93. The standard InChI is InChI=1S/C15H24FNO/c1-10-8-14(18-7-6-15(3,4)5)12(11(2)17)9-13(10)16/h8-9,11H,6-7,17H2,1-5H3/t11-/m0/s1. The number of ether oxygens (including phenoxy) is 1. The molecule has 1 atom stereocenters. The first-order valence-electron chi connectivity index (χ1n) is 6.39. The van der Waals surface area contributed by atoms with Gasteiger partial charge in [-0.15, -0.1) is 0 Å². The summed E-state index contributed by atoms with van der Waals surface area (Å²) in [5, 5.41) is 0. The third kappa shape index (κ3) is 4.30. The molecular formula is C15H24FNO. The van der Waals surface area contributed by atoms with E-state index in [1.54, 1.807) is 13.0 Å². The molecule has 3 heteroatoms. The fourth-order valence-electron chi connectivity index (χ4n) is 1.62. The van der Waals surface area contributed by atoms with Crippen LogP contribution in [0, 0.1) is 18.2 Å². The molecule has 0 aliphatic heterocycles. The van der Waals surface area contributed by atoms with Gasteiger partial charge in [-0.3, -0.25) is 0 Å². The molecule has 0 saturated heterocycles. The van der Waals surface area contributed by atoms with Gasteiger partial charge in [-0.05, 0) is 43.4 Å². The first kappa shape index (κ1) is 15.0. The van der Waals surface area contributed by atoms with Gasteiger partial charge in [0.15, 0.2) is 0 Å². The smallest absolute Gasteiger partial charge is 0.126 e. The van der Waals surface area contributed by atoms with Gasteiger partial charge in [0, 0.05) is 11.6 Å². The molecule has 2 nitrogen and oxygen atoms in total. The van der Waals surface area contributed by atoms with E-state index in [0.29, 0.717) is 17.9 Å². The third-order valence-electron chi connectivity index (χ3n) is 2.89. The van der Waals surface area contributed by atoms with Crippen molar-refractivity contribution in [2.24, 2.45) is 11.1 Å². The zero-order chi connectivity index (χ0) is 13.9. The summed E-state index contributed by atoms with van der Waals surface area (Å²) in [5.74, 6) is 0.471. The average molecular weight is 253 g/mol. The molecule has 1 aromatic carbocycles. The summed E-state index contributed by atoms with van der Waals surface area (Å²) in [7, 11) is 0. The van der Waals surface area contributed by atoms with Crippen LogP contribution in [0.3, 0.4) is 0 Å². The van der Waals surface area contributed by atoms with E-state index < -0.39 is 0 Å². The van der Waals surface area contributed by atoms with Crippen LogP contribution in [0.1, 0.15) is 51.3 Å². The Morgan fingerprint density at radius 3 is 2.44 bits per heavy atom. The minimum Gasteiger partial charge on any atom is -0.493 e. The Hall–Kier alpha value is -1.09. The van der Waals surface area contributed by atoms with E-state index in [0.717, 1.165) is 12.0 Å². The molecule has 0 spiro atoms. The van der Waals surface area contributed by atoms with E-state index in [2.05, 4.69) is 20.8 Å². The highest BCUT2D eigenvalue weighted by molar-refractivity contribution is 5.39. The number of rotatable bonds is 4. The maximum Gasteiger partial charge on any atom is 0.126 e. The molecule has 1 rings (SSSR count). The summed E-state index contributed by atoms with van der Waals surface area (Å²) in [6.07, 6.45) is 0.946. The van der Waals surface area contributed by atoms with Gasteiger partial charge in [-0.2, -0.15) is 0 Å². The monoisotopic (exact) mass is 253 g/mol. The Kier molecular flexibility index (Phi) is 4.74. The first-order valence-corrected chi connectivity index (χ1v) is 6.39. The average Bonchev–Trinajstić information content (AvgIpc) is 2.20. The molecule has 0 radical (unpaired) electrons. The normalized spacial score (nSPS) is 13.5. The van der Waals surface area contributed by atoms with Gasteiger partial charge in [0.2, 0.25) is 0 Å². The molecule has 102 valence electrons. The summed E-state index contributed by atoms with van der Waals surface area (Å²) >= 11 is 0. The van der Waals surface area contributed by atoms with Crippen LogP contribution in [-0.2, 0) is 0 Å². The lowest BCUT2D eigenvalue weighted by Gasteiger charge is -2.20. The highest BCUT2D eigenvalue weighted by Gasteiger charge is 2.14. The molecule has 0 fully saturated rings. The number of aryl methyl sites for hydroxylation is 1. The number of halogens is 1. The third-order valence-corrected chi connectivity index (χ3v) is 2.89. The van der Waals surface area contributed by atoms with Crippen LogP contribution in [0.25, 0.3) is 0 Å². The Morgan fingerprint density at radius 2 is 1.94 bits per heavy atom. The molecule has 0 heterocycles. The molecule has 0 amide bonds. The zero-order valence-corrected chi connectivity index (χ0v) is 12.0. The van der Waals surface area contributed by atoms with E-state index >= 15 is 0 Å². The predicted octanol–water partition coefficient (Wildman–Crippen LogP) is 3.97. The molecule has 0 aliphatic carbocycles. The molecule has 0 aromatic heterocycles. The second-order valence-corrected chi connectivity index (χ2v) is 6.09. The van der Waals surface area contributed by atoms with E-state index in [1.165, 1.54) is 6.07 Å². The van der Waals surface area contributed by atoms with E-state index in [4.69, 9.17) is 10.5 Å². The molecular weight excluding hydrogens is 229 g/mol. The number of nitrogens with two attached hydrogens (primary N) is 1. The maximum atomic E-state index is 13.5. The van der Waals surface area contributed by atoms with Crippen molar-refractivity contribution in [3.8, 4) is 5.75 Å². The first-order chi connectivity index (χ1) is 8.20. The Morgan fingerprint density at radius 1 is 1.33 bits per heavy atom. The molecule has 0 aliphatic rings. The lowest BCUT2D eigenvalue weighted by Crippen LogP contribution is -2.14. The van der Waals surface area contributed by atoms with E-state index in [-0.39, 0.29) is 17.3 Å². The van der Waals surface area contributed by atoms with Gasteiger partial charge in [-0.25, -0.2) is 4.39 Å². The quantitative estimate of drug-likeness (QED) is 0.881. The maximum absolute atomic E-state index is 13.5. The molecule has 2 N–H and O–H groups in total. The van der Waals surface area contributed by atoms with E-state index in [1.807, 2.05) is 6.92 Å². The highest BCUT2D eigenvalue weighted by Crippen LogP contribution is 2.28. The molecule has 0 unspecified atom stereocenters. The fraction of sp³-hybridized carbons (Fsp3) is 0.600. The second kappa shape index (κ2) is 5.70. The Balaban J connectivity index is 2.84. The van der Waals surface area contributed by atoms with Crippen LogP contribution in [0.15, 0.2) is 12.1 Å². The predicted molar refractivity (Wildman–Crippen MR) is 73.3 cm³/mol. The van der Waals surface area contributed by atoms with Crippen molar-refractivity contribution in [3.63, 3.8) is 0 Å². The van der Waals surface area contributed by atoms with Crippen LogP contribution in [-0.4, -0.2) is 6.61 Å². The lowest BCUT2D eigenvalue weighted by molar-refractivity contribution is 0.240. The summed E-state index contributed by atoms with van der Waals surface area (Å²) in [6, 6.07) is 2.98. The van der Waals surface area contributed by atoms with E-state index in [9.17, 15) is 4.39 Å². The van der Waals surface area contributed by atoms with Gasteiger partial charge in [0.05, 0.1) is 6.61 Å². The second-order valence-electron chi connectivity index (χ2n) is 6.09. The fourth-order valence-corrected chi connectivity index (χ4v) is 1.62. The summed E-state index contributed by atoms with van der Waals surface area (Å²) in [4.78, 5) is 0. The molecule has 18 heavy (non-hydrogen) atoms. The zero-order valence-electron chi connectivity index (χ0n) is 12.0. The number of hydrogen-bond acceptors (Lipinski definition) is 2. The number of benzene rings is 1.